The number of amides is 2. The minimum absolute atomic E-state index is 0.00279. The second-order valence-corrected chi connectivity index (χ2v) is 6.24. The van der Waals surface area contributed by atoms with Gasteiger partial charge in [0.25, 0.3) is 0 Å². The number of nitrogens with two attached hydrogens (primary N) is 1. The molecule has 10 nitrogen and oxygen atoms in total. The second kappa shape index (κ2) is 12.3. The van der Waals surface area contributed by atoms with Gasteiger partial charge in [-0.25, -0.2) is 0 Å². The van der Waals surface area contributed by atoms with Gasteiger partial charge in [-0.1, -0.05) is 6.08 Å². The van der Waals surface area contributed by atoms with Crippen LogP contribution in [0.2, 0.25) is 0 Å². The van der Waals surface area contributed by atoms with Crippen molar-refractivity contribution in [1.82, 2.24) is 10.6 Å². The van der Waals surface area contributed by atoms with Crippen molar-refractivity contribution in [3.63, 3.8) is 0 Å². The lowest BCUT2D eigenvalue weighted by molar-refractivity contribution is -0.139. The Bertz CT molecular complexity index is 501. The van der Waals surface area contributed by atoms with Crippen LogP contribution in [-0.2, 0) is 19.2 Å². The van der Waals surface area contributed by atoms with E-state index in [0.717, 1.165) is 11.8 Å². The number of carboxylic acids is 2. The molecule has 0 aromatic heterocycles. The summed E-state index contributed by atoms with van der Waals surface area (Å²) in [6.45, 7) is 2.85. The summed E-state index contributed by atoms with van der Waals surface area (Å²) in [5, 5.41) is 31.4. The van der Waals surface area contributed by atoms with Crippen LogP contribution in [0.4, 0.5) is 0 Å². The number of hydrogen-bond donors (Lipinski definition) is 6. The summed E-state index contributed by atoms with van der Waals surface area (Å²) >= 11 is 0.985. The Morgan fingerprint density at radius 3 is 2.40 bits per heavy atom. The summed E-state index contributed by atoms with van der Waals surface area (Å²) in [6, 6.07) is -2.29. The van der Waals surface area contributed by atoms with Gasteiger partial charge in [0, 0.05) is 18.6 Å². The normalized spacial score (nSPS) is 14.0. The maximum Gasteiger partial charge on any atom is 0.322 e. The molecule has 0 aliphatic heterocycles. The number of aliphatic hydroxyl groups is 1. The minimum Gasteiger partial charge on any atom is -0.480 e. The minimum atomic E-state index is -1.25. The van der Waals surface area contributed by atoms with Crippen LogP contribution in [-0.4, -0.2) is 68.9 Å². The van der Waals surface area contributed by atoms with Gasteiger partial charge >= 0.3 is 11.9 Å². The summed E-state index contributed by atoms with van der Waals surface area (Å²) in [6.07, 6.45) is 1.44. The molecule has 0 heterocycles. The molecule has 0 aliphatic carbocycles. The lowest BCUT2D eigenvalue weighted by Crippen LogP contribution is -2.49. The molecule has 0 saturated heterocycles. The first-order valence-corrected chi connectivity index (χ1v) is 8.40. The summed E-state index contributed by atoms with van der Waals surface area (Å²) in [7, 11) is 0. The van der Waals surface area contributed by atoms with Crippen LogP contribution in [0.15, 0.2) is 12.7 Å². The number of aliphatic hydroxyl groups excluding tert-OH is 1. The molecule has 0 bridgehead atoms. The Morgan fingerprint density at radius 2 is 1.88 bits per heavy atom. The Hall–Kier alpha value is -2.11. The van der Waals surface area contributed by atoms with Gasteiger partial charge in [0.05, 0.1) is 0 Å². The Labute approximate surface area is 148 Å². The van der Waals surface area contributed by atoms with Crippen LogP contribution in [0.25, 0.3) is 0 Å². The highest BCUT2D eigenvalue weighted by atomic mass is 32.2. The fraction of sp³-hybridized carbons (Fsp3) is 0.571. The van der Waals surface area contributed by atoms with Crippen molar-refractivity contribution in [1.29, 1.82) is 0 Å². The van der Waals surface area contributed by atoms with Crippen LogP contribution in [0, 0.1) is 0 Å². The molecule has 0 aromatic rings. The third-order valence-electron chi connectivity index (χ3n) is 2.89. The smallest absolute Gasteiger partial charge is 0.322 e. The fourth-order valence-electron chi connectivity index (χ4n) is 1.56. The molecule has 11 heteroatoms. The van der Waals surface area contributed by atoms with E-state index in [0.29, 0.717) is 0 Å². The highest BCUT2D eigenvalue weighted by Gasteiger charge is 2.23. The van der Waals surface area contributed by atoms with Gasteiger partial charge in [-0.3, -0.25) is 19.2 Å². The van der Waals surface area contributed by atoms with E-state index in [1.807, 2.05) is 0 Å². The van der Waals surface area contributed by atoms with Crippen molar-refractivity contribution >= 4 is 35.5 Å². The van der Waals surface area contributed by atoms with Crippen LogP contribution in [0.3, 0.4) is 0 Å². The zero-order valence-corrected chi connectivity index (χ0v) is 14.3. The maximum absolute atomic E-state index is 12.0. The average Bonchev–Trinajstić information content (AvgIpc) is 2.54. The van der Waals surface area contributed by atoms with Gasteiger partial charge in [-0.15, -0.1) is 18.3 Å². The first kappa shape index (κ1) is 22.9. The summed E-state index contributed by atoms with van der Waals surface area (Å²) < 4.78 is 0. The third kappa shape index (κ3) is 11.1. The lowest BCUT2D eigenvalue weighted by atomic mass is 10.1. The van der Waals surface area contributed by atoms with Gasteiger partial charge < -0.3 is 31.7 Å². The van der Waals surface area contributed by atoms with E-state index in [4.69, 9.17) is 15.9 Å². The van der Waals surface area contributed by atoms with E-state index in [1.165, 1.54) is 6.08 Å². The molecule has 0 rings (SSSR count). The summed E-state index contributed by atoms with van der Waals surface area (Å²) in [5.74, 6) is -3.82. The van der Waals surface area contributed by atoms with Crippen molar-refractivity contribution in [2.75, 3.05) is 12.3 Å². The molecule has 1 unspecified atom stereocenters. The molecule has 0 radical (unpaired) electrons. The first-order valence-electron chi connectivity index (χ1n) is 7.35. The molecule has 0 saturated carbocycles. The van der Waals surface area contributed by atoms with E-state index >= 15 is 0 Å². The van der Waals surface area contributed by atoms with Crippen molar-refractivity contribution in [2.45, 2.75) is 36.8 Å². The van der Waals surface area contributed by atoms with Crippen molar-refractivity contribution in [3.8, 4) is 0 Å². The highest BCUT2D eigenvalue weighted by molar-refractivity contribution is 7.99. The SMILES string of the molecule is C=CCC(O)SC[C@H](NC(=O)CC[C@H](N)C(=O)O)C(=O)NCC(=O)O. The number of aliphatic carboxylic acids is 2. The average molecular weight is 377 g/mol. The van der Waals surface area contributed by atoms with Crippen LogP contribution < -0.4 is 16.4 Å². The van der Waals surface area contributed by atoms with Crippen molar-refractivity contribution in [3.05, 3.63) is 12.7 Å². The number of carboxylic acid groups (broad SMARTS) is 2. The number of carbonyl (C=O) groups is 4. The molecule has 0 spiro atoms. The quantitative estimate of drug-likeness (QED) is 0.164. The largest absolute Gasteiger partial charge is 0.480 e. The molecule has 0 aliphatic rings. The second-order valence-electron chi connectivity index (χ2n) is 5.03. The third-order valence-corrected chi connectivity index (χ3v) is 3.99. The molecule has 2 amide bonds. The van der Waals surface area contributed by atoms with Gasteiger partial charge in [0.2, 0.25) is 11.8 Å². The van der Waals surface area contributed by atoms with E-state index in [2.05, 4.69) is 17.2 Å². The molecule has 0 fully saturated rings. The Morgan fingerprint density at radius 1 is 1.24 bits per heavy atom. The number of rotatable bonds is 13. The van der Waals surface area contributed by atoms with Crippen LogP contribution in [0.1, 0.15) is 19.3 Å². The van der Waals surface area contributed by atoms with Crippen LogP contribution in [0.5, 0.6) is 0 Å². The zero-order chi connectivity index (χ0) is 19.4. The van der Waals surface area contributed by atoms with Gasteiger partial charge in [0.1, 0.15) is 24.1 Å². The highest BCUT2D eigenvalue weighted by Crippen LogP contribution is 2.13. The predicted octanol–water partition coefficient (Wildman–Crippen LogP) is -1.51. The predicted molar refractivity (Wildman–Crippen MR) is 90.7 cm³/mol. The standard InChI is InChI=1S/C14H23N3O7S/c1-2-3-12(21)25-7-9(13(22)16-6-11(19)20)17-10(18)5-4-8(15)14(23)24/h2,8-9,12,21H,1,3-7,15H2,(H,16,22)(H,17,18)(H,19,20)(H,23,24)/t8-,9-,12?/m0/s1. The van der Waals surface area contributed by atoms with Crippen LogP contribution >= 0.6 is 11.8 Å². The van der Waals surface area contributed by atoms with E-state index in [9.17, 15) is 24.3 Å². The summed E-state index contributed by atoms with van der Waals surface area (Å²) in [4.78, 5) is 45.0. The topological polar surface area (TPSA) is 179 Å². The first-order chi connectivity index (χ1) is 11.7. The van der Waals surface area contributed by atoms with E-state index in [-0.39, 0.29) is 25.0 Å². The monoisotopic (exact) mass is 377 g/mol. The number of thioether (sulfide) groups is 1. The number of nitrogens with one attached hydrogen (secondary N) is 2. The molecule has 0 aromatic carbocycles. The Balaban J connectivity index is 4.66. The molecular weight excluding hydrogens is 354 g/mol. The maximum atomic E-state index is 12.0. The summed E-state index contributed by atoms with van der Waals surface area (Å²) in [5.41, 5.74) is 4.47. The molecular formula is C14H23N3O7S. The fourth-order valence-corrected chi connectivity index (χ4v) is 2.48. The molecule has 3 atom stereocenters. The van der Waals surface area contributed by atoms with Gasteiger partial charge in [-0.05, 0) is 6.42 Å². The molecule has 7 N–H and O–H groups in total. The number of carbonyl (C=O) groups excluding carboxylic acids is 2. The van der Waals surface area contributed by atoms with Gasteiger partial charge in [-0.2, -0.15) is 0 Å². The van der Waals surface area contributed by atoms with Crippen molar-refractivity contribution < 1.29 is 34.5 Å². The zero-order valence-electron chi connectivity index (χ0n) is 13.5. The van der Waals surface area contributed by atoms with Crippen molar-refractivity contribution in [2.24, 2.45) is 5.73 Å². The Kier molecular flexibility index (Phi) is 11.2. The molecule has 142 valence electrons. The van der Waals surface area contributed by atoms with Gasteiger partial charge in [0.15, 0.2) is 0 Å². The van der Waals surface area contributed by atoms with E-state index < -0.39 is 47.8 Å². The lowest BCUT2D eigenvalue weighted by Gasteiger charge is -2.19. The number of hydrogen-bond acceptors (Lipinski definition) is 7. The molecule has 25 heavy (non-hydrogen) atoms. The van der Waals surface area contributed by atoms with E-state index in [1.54, 1.807) is 0 Å².